The number of benzene rings is 2. The van der Waals surface area contributed by atoms with Crippen molar-refractivity contribution in [1.82, 2.24) is 9.88 Å². The molecule has 4 rings (SSSR count). The van der Waals surface area contributed by atoms with Gasteiger partial charge in [-0.2, -0.15) is 0 Å². The molecular weight excluding hydrogens is 355 g/mol. The van der Waals surface area contributed by atoms with Crippen LogP contribution in [0.5, 0.6) is 0 Å². The van der Waals surface area contributed by atoms with E-state index in [9.17, 15) is 14.0 Å². The molecule has 5 heteroatoms. The highest BCUT2D eigenvalue weighted by Crippen LogP contribution is 2.19. The van der Waals surface area contributed by atoms with Crippen molar-refractivity contribution in [2.75, 3.05) is 0 Å². The van der Waals surface area contributed by atoms with Gasteiger partial charge in [0.15, 0.2) is 0 Å². The van der Waals surface area contributed by atoms with E-state index in [1.54, 1.807) is 22.8 Å². The van der Waals surface area contributed by atoms with Gasteiger partial charge in [0.25, 0.3) is 11.5 Å². The highest BCUT2D eigenvalue weighted by atomic mass is 19.1. The van der Waals surface area contributed by atoms with Crippen molar-refractivity contribution in [2.24, 2.45) is 0 Å². The summed E-state index contributed by atoms with van der Waals surface area (Å²) in [6.07, 6.45) is 5.34. The average molecular weight is 378 g/mol. The first kappa shape index (κ1) is 18.4. The van der Waals surface area contributed by atoms with E-state index in [1.165, 1.54) is 18.6 Å². The number of aromatic nitrogens is 1. The van der Waals surface area contributed by atoms with Gasteiger partial charge in [-0.3, -0.25) is 9.59 Å². The summed E-state index contributed by atoms with van der Waals surface area (Å²) >= 11 is 0. The number of amides is 1. The maximum atomic E-state index is 13.2. The van der Waals surface area contributed by atoms with Gasteiger partial charge >= 0.3 is 0 Å². The Balaban J connectivity index is 1.73. The number of hydrogen-bond acceptors (Lipinski definition) is 2. The van der Waals surface area contributed by atoms with Crippen LogP contribution in [0.1, 0.15) is 48.0 Å². The lowest BCUT2D eigenvalue weighted by Crippen LogP contribution is -2.40. The predicted octanol–water partition coefficient (Wildman–Crippen LogP) is 4.25. The molecule has 0 aliphatic heterocycles. The Morgan fingerprint density at radius 2 is 1.75 bits per heavy atom. The molecule has 0 spiro atoms. The third-order valence-corrected chi connectivity index (χ3v) is 5.44. The minimum atomic E-state index is -0.323. The van der Waals surface area contributed by atoms with Crippen LogP contribution in [0.3, 0.4) is 0 Å². The van der Waals surface area contributed by atoms with E-state index in [1.807, 2.05) is 24.3 Å². The summed E-state index contributed by atoms with van der Waals surface area (Å²) in [6, 6.07) is 15.4. The molecule has 3 aromatic rings. The number of carbonyl (C=O) groups is 1. The number of nitrogens with zero attached hydrogens (tertiary/aromatic N) is 1. The normalized spacial score (nSPS) is 14.9. The van der Waals surface area contributed by atoms with Crippen molar-refractivity contribution in [1.29, 1.82) is 0 Å². The molecular formula is C23H23FN2O2. The van der Waals surface area contributed by atoms with Gasteiger partial charge < -0.3 is 9.88 Å². The molecule has 0 bridgehead atoms. The van der Waals surface area contributed by atoms with Crippen molar-refractivity contribution >= 4 is 16.8 Å². The molecule has 2 aromatic carbocycles. The third kappa shape index (κ3) is 3.84. The monoisotopic (exact) mass is 378 g/mol. The number of pyridine rings is 1. The second-order valence-corrected chi connectivity index (χ2v) is 7.44. The van der Waals surface area contributed by atoms with Gasteiger partial charge in [0.05, 0.1) is 12.1 Å². The number of halogens is 1. The van der Waals surface area contributed by atoms with Gasteiger partial charge in [0.1, 0.15) is 11.4 Å². The van der Waals surface area contributed by atoms with Gasteiger partial charge in [0, 0.05) is 6.04 Å². The molecule has 1 aliphatic rings. The Morgan fingerprint density at radius 3 is 2.50 bits per heavy atom. The van der Waals surface area contributed by atoms with Crippen molar-refractivity contribution in [3.63, 3.8) is 0 Å². The molecule has 0 radical (unpaired) electrons. The van der Waals surface area contributed by atoms with E-state index >= 15 is 0 Å². The van der Waals surface area contributed by atoms with E-state index in [0.717, 1.165) is 42.1 Å². The molecule has 1 heterocycles. The van der Waals surface area contributed by atoms with E-state index in [4.69, 9.17) is 0 Å². The number of carbonyl (C=O) groups excluding carboxylic acids is 1. The van der Waals surface area contributed by atoms with Crippen LogP contribution < -0.4 is 10.9 Å². The van der Waals surface area contributed by atoms with Crippen LogP contribution in [-0.2, 0) is 6.54 Å². The molecule has 1 N–H and O–H groups in total. The second-order valence-electron chi connectivity index (χ2n) is 7.44. The maximum Gasteiger partial charge on any atom is 0.264 e. The summed E-state index contributed by atoms with van der Waals surface area (Å²) < 4.78 is 14.8. The Morgan fingerprint density at radius 1 is 1.04 bits per heavy atom. The van der Waals surface area contributed by atoms with Crippen molar-refractivity contribution in [2.45, 2.75) is 44.7 Å². The van der Waals surface area contributed by atoms with Gasteiger partial charge in [-0.15, -0.1) is 0 Å². The zero-order chi connectivity index (χ0) is 19.5. The van der Waals surface area contributed by atoms with E-state index in [2.05, 4.69) is 5.32 Å². The van der Waals surface area contributed by atoms with Crippen molar-refractivity contribution < 1.29 is 9.18 Å². The number of rotatable bonds is 4. The van der Waals surface area contributed by atoms with Crippen LogP contribution in [-0.4, -0.2) is 16.5 Å². The number of hydrogen-bond donors (Lipinski definition) is 1. The largest absolute Gasteiger partial charge is 0.349 e. The third-order valence-electron chi connectivity index (χ3n) is 5.44. The number of para-hydroxylation sites is 1. The SMILES string of the molecule is O=C(NC1CCCCC1)c1cc2ccccc2n(Cc2ccc(F)cc2)c1=O. The standard InChI is InChI=1S/C23H23FN2O2/c24-18-12-10-16(11-13-18)15-26-21-9-5-4-6-17(21)14-20(23(26)28)22(27)25-19-7-2-1-3-8-19/h4-6,9-14,19H,1-3,7-8,15H2,(H,25,27). The predicted molar refractivity (Wildman–Crippen MR) is 108 cm³/mol. The maximum absolute atomic E-state index is 13.2. The van der Waals surface area contributed by atoms with Crippen LogP contribution in [0.25, 0.3) is 10.9 Å². The van der Waals surface area contributed by atoms with Gasteiger partial charge in [-0.1, -0.05) is 49.6 Å². The van der Waals surface area contributed by atoms with Crippen molar-refractivity contribution in [3.8, 4) is 0 Å². The molecule has 1 saturated carbocycles. The van der Waals surface area contributed by atoms with E-state index in [-0.39, 0.29) is 35.4 Å². The van der Waals surface area contributed by atoms with Crippen LogP contribution >= 0.6 is 0 Å². The quantitative estimate of drug-likeness (QED) is 0.738. The second kappa shape index (κ2) is 7.97. The number of nitrogens with one attached hydrogen (secondary N) is 1. The molecule has 4 nitrogen and oxygen atoms in total. The minimum absolute atomic E-state index is 0.137. The van der Waals surface area contributed by atoms with Crippen molar-refractivity contribution in [3.05, 3.63) is 81.9 Å². The fourth-order valence-electron chi connectivity index (χ4n) is 3.93. The van der Waals surface area contributed by atoms with Crippen LogP contribution in [0.2, 0.25) is 0 Å². The van der Waals surface area contributed by atoms with Crippen LogP contribution in [0.15, 0.2) is 59.4 Å². The topological polar surface area (TPSA) is 51.1 Å². The summed E-state index contributed by atoms with van der Waals surface area (Å²) in [5, 5.41) is 3.87. The van der Waals surface area contributed by atoms with E-state index in [0.29, 0.717) is 0 Å². The zero-order valence-electron chi connectivity index (χ0n) is 15.7. The molecule has 1 aliphatic carbocycles. The Hall–Kier alpha value is -2.95. The molecule has 1 aromatic heterocycles. The molecule has 1 amide bonds. The summed E-state index contributed by atoms with van der Waals surface area (Å²) in [5.41, 5.74) is 1.40. The lowest BCUT2D eigenvalue weighted by Gasteiger charge is -2.23. The summed E-state index contributed by atoms with van der Waals surface area (Å²) in [4.78, 5) is 26.0. The van der Waals surface area contributed by atoms with Gasteiger partial charge in [0.2, 0.25) is 0 Å². The molecule has 144 valence electrons. The Bertz CT molecular complexity index is 1050. The van der Waals surface area contributed by atoms with Gasteiger partial charge in [-0.05, 0) is 48.1 Å². The van der Waals surface area contributed by atoms with Crippen LogP contribution in [0, 0.1) is 5.82 Å². The molecule has 1 fully saturated rings. The first-order valence-electron chi connectivity index (χ1n) is 9.80. The molecule has 0 atom stereocenters. The molecule has 28 heavy (non-hydrogen) atoms. The summed E-state index contributed by atoms with van der Waals surface area (Å²) in [6.45, 7) is 0.282. The smallest absolute Gasteiger partial charge is 0.264 e. The lowest BCUT2D eigenvalue weighted by atomic mass is 9.95. The van der Waals surface area contributed by atoms with Gasteiger partial charge in [-0.25, -0.2) is 4.39 Å². The number of fused-ring (bicyclic) bond motifs is 1. The Kier molecular flexibility index (Phi) is 5.24. The zero-order valence-corrected chi connectivity index (χ0v) is 15.7. The average Bonchev–Trinajstić information content (AvgIpc) is 2.72. The lowest BCUT2D eigenvalue weighted by molar-refractivity contribution is 0.0926. The highest BCUT2D eigenvalue weighted by Gasteiger charge is 2.20. The first-order valence-corrected chi connectivity index (χ1v) is 9.80. The van der Waals surface area contributed by atoms with E-state index < -0.39 is 0 Å². The first-order chi connectivity index (χ1) is 13.6. The summed E-state index contributed by atoms with van der Waals surface area (Å²) in [7, 11) is 0. The Labute approximate surface area is 163 Å². The van der Waals surface area contributed by atoms with Crippen LogP contribution in [0.4, 0.5) is 4.39 Å². The minimum Gasteiger partial charge on any atom is -0.349 e. The highest BCUT2D eigenvalue weighted by molar-refractivity contribution is 5.97. The summed E-state index contributed by atoms with van der Waals surface area (Å²) in [5.74, 6) is -0.628. The fraction of sp³-hybridized carbons (Fsp3) is 0.304. The fourth-order valence-corrected chi connectivity index (χ4v) is 3.93. The molecule has 0 unspecified atom stereocenters. The molecule has 0 saturated heterocycles.